The van der Waals surface area contributed by atoms with E-state index in [1.807, 2.05) is 22.9 Å². The molecule has 0 aliphatic heterocycles. The average Bonchev–Trinajstić information content (AvgIpc) is 3.86. The summed E-state index contributed by atoms with van der Waals surface area (Å²) >= 11 is 0. The van der Waals surface area contributed by atoms with Gasteiger partial charge in [0.15, 0.2) is 0 Å². The zero-order valence-electron chi connectivity index (χ0n) is 34.5. The zero-order valence-corrected chi connectivity index (χ0v) is 34.5. The maximum absolute atomic E-state index is 4.75. The van der Waals surface area contributed by atoms with E-state index in [-0.39, 0.29) is 5.41 Å². The summed E-state index contributed by atoms with van der Waals surface area (Å²) in [4.78, 5) is 9.16. The molecule has 0 radical (unpaired) electrons. The molecule has 0 unspecified atom stereocenters. The summed E-state index contributed by atoms with van der Waals surface area (Å²) in [5.74, 6) is 0.702. The van der Waals surface area contributed by atoms with E-state index in [0.29, 0.717) is 5.78 Å². The lowest BCUT2D eigenvalue weighted by atomic mass is 9.79. The summed E-state index contributed by atoms with van der Waals surface area (Å²) < 4.78 is 1.96. The fourth-order valence-electron chi connectivity index (χ4n) is 9.98. The largest absolute Gasteiger partial charge is 0.291 e. The second-order valence-electron chi connectivity index (χ2n) is 17.0. The van der Waals surface area contributed by atoms with E-state index in [4.69, 9.17) is 4.98 Å². The van der Waals surface area contributed by atoms with Gasteiger partial charge >= 0.3 is 0 Å². The van der Waals surface area contributed by atoms with E-state index in [2.05, 4.69) is 207 Å². The first-order valence-electron chi connectivity index (χ1n) is 21.4. The van der Waals surface area contributed by atoms with Crippen LogP contribution in [0.4, 0.5) is 0 Å². The molecular weight excluding hydrogens is 751 g/mol. The summed E-state index contributed by atoms with van der Waals surface area (Å²) in [6.45, 7) is 4.80. The molecule has 1 aliphatic rings. The van der Waals surface area contributed by atoms with Gasteiger partial charge in [0, 0.05) is 29.6 Å². The van der Waals surface area contributed by atoms with Gasteiger partial charge in [-0.05, 0) is 136 Å². The Kier molecular flexibility index (Phi) is 8.20. The second-order valence-corrected chi connectivity index (χ2v) is 17.0. The fraction of sp³-hybridized carbons (Fsp3) is 0.0508. The molecule has 0 N–H and O–H groups in total. The third-order valence-corrected chi connectivity index (χ3v) is 13.1. The quantitative estimate of drug-likeness (QED) is 0.157. The van der Waals surface area contributed by atoms with Crippen LogP contribution in [0.15, 0.2) is 213 Å². The number of rotatable bonds is 6. The molecule has 1 aliphatic carbocycles. The number of benzene rings is 9. The van der Waals surface area contributed by atoms with Crippen molar-refractivity contribution in [2.45, 2.75) is 19.3 Å². The predicted octanol–water partition coefficient (Wildman–Crippen LogP) is 15.3. The van der Waals surface area contributed by atoms with Gasteiger partial charge in [-0.25, -0.2) is 9.97 Å². The van der Waals surface area contributed by atoms with E-state index < -0.39 is 0 Å². The highest BCUT2D eigenvalue weighted by atomic mass is 15.1. The first-order chi connectivity index (χ1) is 30.5. The molecule has 2 heterocycles. The van der Waals surface area contributed by atoms with Crippen LogP contribution in [0.2, 0.25) is 0 Å². The Balaban J connectivity index is 1.06. The van der Waals surface area contributed by atoms with Crippen LogP contribution in [0, 0.1) is 0 Å². The lowest BCUT2D eigenvalue weighted by Crippen LogP contribution is -2.15. The maximum atomic E-state index is 4.75. The Morgan fingerprint density at radius 1 is 0.387 bits per heavy atom. The summed E-state index contributed by atoms with van der Waals surface area (Å²) in [5.41, 5.74) is 19.3. The first kappa shape index (κ1) is 36.0. The minimum atomic E-state index is -0.236. The lowest BCUT2D eigenvalue weighted by Gasteiger charge is -2.24. The molecule has 9 aromatic carbocycles. The molecule has 0 bridgehead atoms. The summed E-state index contributed by atoms with van der Waals surface area (Å²) in [7, 11) is 0. The van der Waals surface area contributed by atoms with Gasteiger partial charge in [0.2, 0.25) is 5.78 Å². The van der Waals surface area contributed by atoms with E-state index in [9.17, 15) is 0 Å². The number of hydrogen-bond acceptors (Lipinski definition) is 2. The molecule has 0 atom stereocenters. The Labute approximate surface area is 361 Å². The summed E-state index contributed by atoms with van der Waals surface area (Å²) in [6, 6.07) is 71.5. The molecular formula is C59H41N3. The van der Waals surface area contributed by atoms with Crippen LogP contribution in [-0.4, -0.2) is 14.4 Å². The Bertz CT molecular complexity index is 3490. The number of aromatic nitrogens is 3. The van der Waals surface area contributed by atoms with Gasteiger partial charge in [-0.2, -0.15) is 0 Å². The van der Waals surface area contributed by atoms with Crippen molar-refractivity contribution in [3.05, 3.63) is 224 Å². The van der Waals surface area contributed by atoms with Crippen molar-refractivity contribution in [2.75, 3.05) is 0 Å². The van der Waals surface area contributed by atoms with Gasteiger partial charge in [-0.3, -0.25) is 4.40 Å². The van der Waals surface area contributed by atoms with Crippen LogP contribution in [0.3, 0.4) is 0 Å². The molecule has 0 amide bonds. The van der Waals surface area contributed by atoms with Crippen LogP contribution in [0.25, 0.3) is 105 Å². The monoisotopic (exact) mass is 791 g/mol. The minimum absolute atomic E-state index is 0.236. The molecule has 62 heavy (non-hydrogen) atoms. The van der Waals surface area contributed by atoms with E-state index in [1.165, 1.54) is 99.4 Å². The SMILES string of the molecule is CC1(C)c2cc(-c3ccc(-c4cn5cccnc5n4)cc3)ccc2-c2cc3c(-c4cccc(-c5ccccc5)c4)c4ccccc4c(-c4cccc(-c5ccccc5)c4)c3cc21. The standard InChI is InChI=1S/C59H41N3/c1-59(2)53-34-44(40-24-26-41(27-25-40)55-37-62-31-13-30-60-58(62)61-55)28-29-47(53)50-35-51-52(36-54(50)59)57(46-21-12-19-43(33-46)39-16-7-4-8-17-39)49-23-10-9-22-48(49)56(51)45-20-11-18-42(32-45)38-14-5-3-6-15-38/h3-37H,1-2H3. The van der Waals surface area contributed by atoms with Crippen LogP contribution in [-0.2, 0) is 5.41 Å². The van der Waals surface area contributed by atoms with Crippen molar-refractivity contribution >= 4 is 27.3 Å². The van der Waals surface area contributed by atoms with Crippen molar-refractivity contribution < 1.29 is 0 Å². The highest BCUT2D eigenvalue weighted by Crippen LogP contribution is 2.54. The van der Waals surface area contributed by atoms with E-state index in [1.54, 1.807) is 6.20 Å². The Morgan fingerprint density at radius 2 is 0.887 bits per heavy atom. The van der Waals surface area contributed by atoms with Gasteiger partial charge in [0.05, 0.1) is 5.69 Å². The summed E-state index contributed by atoms with van der Waals surface area (Å²) in [5, 5.41) is 5.04. The Hall–Kier alpha value is -7.88. The van der Waals surface area contributed by atoms with E-state index in [0.717, 1.165) is 11.3 Å². The molecule has 2 aromatic heterocycles. The predicted molar refractivity (Wildman–Crippen MR) is 258 cm³/mol. The summed E-state index contributed by atoms with van der Waals surface area (Å²) in [6.07, 6.45) is 5.80. The number of nitrogens with zero attached hydrogens (tertiary/aromatic N) is 3. The molecule has 0 fully saturated rings. The third kappa shape index (κ3) is 5.81. The van der Waals surface area contributed by atoms with Gasteiger partial charge in [-0.1, -0.05) is 172 Å². The van der Waals surface area contributed by atoms with Gasteiger partial charge in [0.1, 0.15) is 0 Å². The van der Waals surface area contributed by atoms with Crippen molar-refractivity contribution in [2.24, 2.45) is 0 Å². The first-order valence-corrected chi connectivity index (χ1v) is 21.4. The van der Waals surface area contributed by atoms with Gasteiger partial charge < -0.3 is 0 Å². The molecule has 3 nitrogen and oxygen atoms in total. The molecule has 0 spiro atoms. The van der Waals surface area contributed by atoms with Crippen molar-refractivity contribution in [3.63, 3.8) is 0 Å². The van der Waals surface area contributed by atoms with Crippen molar-refractivity contribution in [3.8, 4) is 78.0 Å². The van der Waals surface area contributed by atoms with Crippen molar-refractivity contribution in [1.82, 2.24) is 14.4 Å². The second kappa shape index (κ2) is 14.1. The molecule has 11 aromatic rings. The van der Waals surface area contributed by atoms with E-state index >= 15 is 0 Å². The lowest BCUT2D eigenvalue weighted by molar-refractivity contribution is 0.661. The maximum Gasteiger partial charge on any atom is 0.234 e. The molecule has 0 saturated heterocycles. The normalized spacial score (nSPS) is 12.8. The van der Waals surface area contributed by atoms with Crippen LogP contribution >= 0.6 is 0 Å². The van der Waals surface area contributed by atoms with Gasteiger partial charge in [-0.15, -0.1) is 0 Å². The average molecular weight is 792 g/mol. The Morgan fingerprint density at radius 3 is 1.52 bits per heavy atom. The zero-order chi connectivity index (χ0) is 41.4. The molecule has 0 saturated carbocycles. The van der Waals surface area contributed by atoms with Crippen molar-refractivity contribution in [1.29, 1.82) is 0 Å². The smallest absolute Gasteiger partial charge is 0.234 e. The fourth-order valence-corrected chi connectivity index (χ4v) is 9.98. The topological polar surface area (TPSA) is 30.2 Å². The van der Waals surface area contributed by atoms with Crippen LogP contribution < -0.4 is 0 Å². The highest BCUT2D eigenvalue weighted by Gasteiger charge is 2.37. The highest BCUT2D eigenvalue weighted by molar-refractivity contribution is 6.22. The molecule has 12 rings (SSSR count). The van der Waals surface area contributed by atoms with Crippen LogP contribution in [0.1, 0.15) is 25.0 Å². The molecule has 292 valence electrons. The number of imidazole rings is 1. The number of fused-ring (bicyclic) bond motifs is 6. The minimum Gasteiger partial charge on any atom is -0.291 e. The number of hydrogen-bond donors (Lipinski definition) is 0. The van der Waals surface area contributed by atoms with Gasteiger partial charge in [0.25, 0.3) is 0 Å². The van der Waals surface area contributed by atoms with Crippen LogP contribution in [0.5, 0.6) is 0 Å². The molecule has 3 heteroatoms. The third-order valence-electron chi connectivity index (χ3n) is 13.1.